The number of halogens is 4. The zero-order valence-corrected chi connectivity index (χ0v) is 11.4. The minimum atomic E-state index is -4.43. The summed E-state index contributed by atoms with van der Waals surface area (Å²) in [5.74, 6) is 0. The van der Waals surface area contributed by atoms with Gasteiger partial charge in [0.15, 0.2) is 0 Å². The SMILES string of the molecule is Nc1cc(-n2ccc3cc(Cl)ccc32)cc(C(F)(F)F)c1. The molecular weight excluding hydrogens is 301 g/mol. The van der Waals surface area contributed by atoms with Crippen molar-refractivity contribution in [1.82, 2.24) is 4.57 Å². The van der Waals surface area contributed by atoms with Crippen LogP contribution in [-0.2, 0) is 6.18 Å². The monoisotopic (exact) mass is 310 g/mol. The van der Waals surface area contributed by atoms with E-state index in [0.717, 1.165) is 23.0 Å². The molecule has 0 saturated heterocycles. The lowest BCUT2D eigenvalue weighted by atomic mass is 10.1. The first kappa shape index (κ1) is 13.8. The summed E-state index contributed by atoms with van der Waals surface area (Å²) in [5, 5.41) is 1.42. The molecule has 0 spiro atoms. The van der Waals surface area contributed by atoms with E-state index in [1.807, 2.05) is 0 Å². The number of hydrogen-bond donors (Lipinski definition) is 1. The summed E-state index contributed by atoms with van der Waals surface area (Å²) in [5.41, 5.74) is 6.01. The Labute approximate surface area is 123 Å². The van der Waals surface area contributed by atoms with Crippen LogP contribution in [0, 0.1) is 0 Å². The average molecular weight is 311 g/mol. The van der Waals surface area contributed by atoms with Gasteiger partial charge in [0.2, 0.25) is 0 Å². The van der Waals surface area contributed by atoms with Crippen LogP contribution in [-0.4, -0.2) is 4.57 Å². The molecule has 0 saturated carbocycles. The molecule has 2 aromatic carbocycles. The Morgan fingerprint density at radius 2 is 1.76 bits per heavy atom. The van der Waals surface area contributed by atoms with Crippen molar-refractivity contribution in [1.29, 1.82) is 0 Å². The maximum Gasteiger partial charge on any atom is 0.416 e. The molecule has 1 aromatic heterocycles. The molecule has 6 heteroatoms. The molecule has 0 unspecified atom stereocenters. The van der Waals surface area contributed by atoms with E-state index in [0.29, 0.717) is 10.7 Å². The number of alkyl halides is 3. The summed E-state index contributed by atoms with van der Waals surface area (Å²) in [7, 11) is 0. The topological polar surface area (TPSA) is 30.9 Å². The summed E-state index contributed by atoms with van der Waals surface area (Å²) in [4.78, 5) is 0. The molecule has 3 rings (SSSR count). The van der Waals surface area contributed by atoms with E-state index in [9.17, 15) is 13.2 Å². The Hall–Kier alpha value is -2.14. The summed E-state index contributed by atoms with van der Waals surface area (Å²) in [6.45, 7) is 0. The van der Waals surface area contributed by atoms with E-state index in [1.165, 1.54) is 6.07 Å². The molecule has 1 heterocycles. The number of hydrogen-bond acceptors (Lipinski definition) is 1. The van der Waals surface area contributed by atoms with E-state index >= 15 is 0 Å². The molecule has 2 nitrogen and oxygen atoms in total. The summed E-state index contributed by atoms with van der Waals surface area (Å²) in [6, 6.07) is 10.5. The molecule has 3 aromatic rings. The molecule has 0 amide bonds. The molecule has 21 heavy (non-hydrogen) atoms. The predicted molar refractivity (Wildman–Crippen MR) is 77.7 cm³/mol. The maximum absolute atomic E-state index is 12.9. The van der Waals surface area contributed by atoms with Crippen molar-refractivity contribution in [3.63, 3.8) is 0 Å². The fourth-order valence-corrected chi connectivity index (χ4v) is 2.46. The number of aromatic nitrogens is 1. The molecule has 0 atom stereocenters. The van der Waals surface area contributed by atoms with E-state index in [-0.39, 0.29) is 5.69 Å². The van der Waals surface area contributed by atoms with E-state index < -0.39 is 11.7 Å². The van der Waals surface area contributed by atoms with Gasteiger partial charge in [-0.3, -0.25) is 0 Å². The molecule has 0 aliphatic heterocycles. The predicted octanol–water partition coefficient (Wildman–Crippen LogP) is 4.88. The van der Waals surface area contributed by atoms with Crippen LogP contribution in [0.25, 0.3) is 16.6 Å². The Morgan fingerprint density at radius 3 is 2.48 bits per heavy atom. The molecule has 0 radical (unpaired) electrons. The van der Waals surface area contributed by atoms with Crippen molar-refractivity contribution >= 4 is 28.2 Å². The Kier molecular flexibility index (Phi) is 3.10. The minimum Gasteiger partial charge on any atom is -0.399 e. The lowest BCUT2D eigenvalue weighted by Gasteiger charge is -2.12. The van der Waals surface area contributed by atoms with Crippen LogP contribution in [0.4, 0.5) is 18.9 Å². The molecule has 108 valence electrons. The normalized spacial score (nSPS) is 12.0. The molecule has 0 aliphatic rings. The van der Waals surface area contributed by atoms with Crippen molar-refractivity contribution in [2.24, 2.45) is 0 Å². The van der Waals surface area contributed by atoms with Gasteiger partial charge in [0.25, 0.3) is 0 Å². The van der Waals surface area contributed by atoms with Gasteiger partial charge >= 0.3 is 6.18 Å². The quantitative estimate of drug-likeness (QED) is 0.638. The number of rotatable bonds is 1. The van der Waals surface area contributed by atoms with Gasteiger partial charge < -0.3 is 10.3 Å². The van der Waals surface area contributed by atoms with Gasteiger partial charge in [0.1, 0.15) is 0 Å². The van der Waals surface area contributed by atoms with Crippen LogP contribution in [0.2, 0.25) is 5.02 Å². The van der Waals surface area contributed by atoms with Gasteiger partial charge in [0, 0.05) is 28.0 Å². The Bertz CT molecular complexity index is 821. The fourth-order valence-electron chi connectivity index (χ4n) is 2.28. The summed E-state index contributed by atoms with van der Waals surface area (Å²) in [6.07, 6.45) is -2.74. The highest BCUT2D eigenvalue weighted by molar-refractivity contribution is 6.31. The van der Waals surface area contributed by atoms with Crippen molar-refractivity contribution in [2.45, 2.75) is 6.18 Å². The van der Waals surface area contributed by atoms with Gasteiger partial charge in [-0.05, 0) is 42.5 Å². The lowest BCUT2D eigenvalue weighted by Crippen LogP contribution is -2.07. The van der Waals surface area contributed by atoms with E-state index in [4.69, 9.17) is 17.3 Å². The zero-order chi connectivity index (χ0) is 15.2. The van der Waals surface area contributed by atoms with Gasteiger partial charge in [-0.2, -0.15) is 13.2 Å². The standard InChI is InChI=1S/C15H10ClF3N2/c16-11-1-2-14-9(5-11)3-4-21(14)13-7-10(15(17,18)19)6-12(20)8-13/h1-8H,20H2. The first-order chi connectivity index (χ1) is 9.84. The van der Waals surface area contributed by atoms with Crippen LogP contribution in [0.15, 0.2) is 48.7 Å². The second kappa shape index (κ2) is 4.70. The largest absolute Gasteiger partial charge is 0.416 e. The second-order valence-electron chi connectivity index (χ2n) is 4.70. The highest BCUT2D eigenvalue weighted by Gasteiger charge is 2.31. The first-order valence-corrected chi connectivity index (χ1v) is 6.47. The smallest absolute Gasteiger partial charge is 0.399 e. The van der Waals surface area contributed by atoms with Gasteiger partial charge in [-0.15, -0.1) is 0 Å². The summed E-state index contributed by atoms with van der Waals surface area (Å²) >= 11 is 5.91. The number of anilines is 1. The zero-order valence-electron chi connectivity index (χ0n) is 10.7. The third-order valence-electron chi connectivity index (χ3n) is 3.20. The van der Waals surface area contributed by atoms with Gasteiger partial charge in [-0.25, -0.2) is 0 Å². The lowest BCUT2D eigenvalue weighted by molar-refractivity contribution is -0.137. The van der Waals surface area contributed by atoms with Crippen molar-refractivity contribution < 1.29 is 13.2 Å². The molecular formula is C15H10ClF3N2. The number of nitrogens with zero attached hydrogens (tertiary/aromatic N) is 1. The highest BCUT2D eigenvalue weighted by atomic mass is 35.5. The Morgan fingerprint density at radius 1 is 1.00 bits per heavy atom. The van der Waals surface area contributed by atoms with Crippen molar-refractivity contribution in [3.05, 3.63) is 59.2 Å². The third-order valence-corrected chi connectivity index (χ3v) is 3.43. The van der Waals surface area contributed by atoms with Gasteiger partial charge in [-0.1, -0.05) is 11.6 Å². The van der Waals surface area contributed by atoms with Crippen molar-refractivity contribution in [3.8, 4) is 5.69 Å². The molecule has 0 aliphatic carbocycles. The van der Waals surface area contributed by atoms with E-state index in [1.54, 1.807) is 35.0 Å². The fraction of sp³-hybridized carbons (Fsp3) is 0.0667. The maximum atomic E-state index is 12.9. The van der Waals surface area contributed by atoms with Crippen LogP contribution < -0.4 is 5.73 Å². The van der Waals surface area contributed by atoms with Gasteiger partial charge in [0.05, 0.1) is 11.1 Å². The Balaban J connectivity index is 2.21. The van der Waals surface area contributed by atoms with E-state index in [2.05, 4.69) is 0 Å². The minimum absolute atomic E-state index is 0.0654. The van der Waals surface area contributed by atoms with Crippen LogP contribution in [0.3, 0.4) is 0 Å². The third kappa shape index (κ3) is 2.56. The number of fused-ring (bicyclic) bond motifs is 1. The van der Waals surface area contributed by atoms with Crippen molar-refractivity contribution in [2.75, 3.05) is 5.73 Å². The molecule has 0 fully saturated rings. The van der Waals surface area contributed by atoms with Crippen LogP contribution in [0.1, 0.15) is 5.56 Å². The average Bonchev–Trinajstić information content (AvgIpc) is 2.79. The van der Waals surface area contributed by atoms with Crippen LogP contribution >= 0.6 is 11.6 Å². The first-order valence-electron chi connectivity index (χ1n) is 6.09. The number of nitrogen functional groups attached to an aromatic ring is 1. The number of benzene rings is 2. The summed E-state index contributed by atoms with van der Waals surface area (Å²) < 4.78 is 40.3. The highest BCUT2D eigenvalue weighted by Crippen LogP contribution is 2.33. The molecule has 2 N–H and O–H groups in total. The second-order valence-corrected chi connectivity index (χ2v) is 5.14. The van der Waals surface area contributed by atoms with Crippen LogP contribution in [0.5, 0.6) is 0 Å². The molecule has 0 bridgehead atoms. The number of nitrogens with two attached hydrogens (primary N) is 1.